The lowest BCUT2D eigenvalue weighted by atomic mass is 9.84. The number of rotatable bonds is 5. The molecule has 1 amide bonds. The Labute approximate surface area is 174 Å². The third-order valence-corrected chi connectivity index (χ3v) is 6.21. The summed E-state index contributed by atoms with van der Waals surface area (Å²) in [6.07, 6.45) is 4.16. The van der Waals surface area contributed by atoms with Crippen molar-refractivity contribution >= 4 is 17.6 Å². The minimum Gasteiger partial charge on any atom is -0.497 e. The number of hydrogen-bond acceptors (Lipinski definition) is 4. The first-order chi connectivity index (χ1) is 14.0. The van der Waals surface area contributed by atoms with Crippen LogP contribution in [0.4, 0.5) is 5.69 Å². The molecular weight excluding hydrogens is 366 g/mol. The first-order valence-corrected chi connectivity index (χ1v) is 10.6. The molecule has 0 bridgehead atoms. The quantitative estimate of drug-likeness (QED) is 0.604. The normalized spacial score (nSPS) is 19.2. The smallest absolute Gasteiger partial charge is 0.230 e. The maximum atomic E-state index is 12.8. The van der Waals surface area contributed by atoms with Gasteiger partial charge in [-0.05, 0) is 25.0 Å². The highest BCUT2D eigenvalue weighted by atomic mass is 16.5. The number of benzene rings is 1. The Morgan fingerprint density at radius 1 is 1.21 bits per heavy atom. The first kappa shape index (κ1) is 21.3. The molecule has 7 nitrogen and oxygen atoms in total. The molecule has 0 unspecified atom stereocenters. The maximum absolute atomic E-state index is 12.8. The molecule has 29 heavy (non-hydrogen) atoms. The van der Waals surface area contributed by atoms with E-state index in [0.29, 0.717) is 6.54 Å². The summed E-state index contributed by atoms with van der Waals surface area (Å²) >= 11 is 0. The van der Waals surface area contributed by atoms with Crippen LogP contribution in [-0.2, 0) is 4.79 Å². The van der Waals surface area contributed by atoms with Crippen LogP contribution in [-0.4, -0.2) is 82.6 Å². The highest BCUT2D eigenvalue weighted by molar-refractivity contribution is 5.85. The molecule has 2 aliphatic rings. The zero-order valence-corrected chi connectivity index (χ0v) is 18.3. The highest BCUT2D eigenvalue weighted by Gasteiger charge is 2.42. The molecule has 0 aromatic heterocycles. The number of ether oxygens (including phenoxy) is 1. The van der Waals surface area contributed by atoms with Gasteiger partial charge in [0.1, 0.15) is 5.75 Å². The van der Waals surface area contributed by atoms with Gasteiger partial charge >= 0.3 is 0 Å². The Morgan fingerprint density at radius 3 is 2.48 bits per heavy atom. The van der Waals surface area contributed by atoms with Gasteiger partial charge in [0, 0.05) is 65.6 Å². The minimum atomic E-state index is -0.290. The number of carbonyl (C=O) groups is 1. The Hall–Kier alpha value is -2.44. The first-order valence-electron chi connectivity index (χ1n) is 10.6. The molecule has 1 aliphatic heterocycles. The second-order valence-corrected chi connectivity index (χ2v) is 8.26. The van der Waals surface area contributed by atoms with Crippen LogP contribution in [0.3, 0.4) is 0 Å². The van der Waals surface area contributed by atoms with Crippen LogP contribution in [0.15, 0.2) is 29.3 Å². The van der Waals surface area contributed by atoms with Crippen LogP contribution in [0.2, 0.25) is 0 Å². The number of hydrogen-bond donors (Lipinski definition) is 1. The number of amides is 1. The standard InChI is InChI=1S/C22H35N5O2/c1-23-21(24-17-22(10-5-6-11-22)20(28)25(2)3)27-14-12-26(13-15-27)18-8-7-9-19(16-18)29-4/h7-9,16H,5-6,10-15,17H2,1-4H3,(H,23,24). The predicted octanol–water partition coefficient (Wildman–Crippen LogP) is 2.04. The van der Waals surface area contributed by atoms with Crippen LogP contribution in [0, 0.1) is 5.41 Å². The molecule has 1 saturated carbocycles. The molecule has 1 saturated heterocycles. The molecule has 0 radical (unpaired) electrons. The van der Waals surface area contributed by atoms with Crippen molar-refractivity contribution in [3.05, 3.63) is 24.3 Å². The topological polar surface area (TPSA) is 60.4 Å². The summed E-state index contributed by atoms with van der Waals surface area (Å²) in [4.78, 5) is 23.7. The predicted molar refractivity (Wildman–Crippen MR) is 118 cm³/mol. The van der Waals surface area contributed by atoms with Gasteiger partial charge < -0.3 is 24.8 Å². The largest absolute Gasteiger partial charge is 0.497 e. The van der Waals surface area contributed by atoms with E-state index in [1.54, 1.807) is 12.0 Å². The zero-order valence-electron chi connectivity index (χ0n) is 18.3. The fourth-order valence-corrected chi connectivity index (χ4v) is 4.56. The van der Waals surface area contributed by atoms with E-state index in [1.165, 1.54) is 5.69 Å². The van der Waals surface area contributed by atoms with Gasteiger partial charge in [-0.15, -0.1) is 0 Å². The average Bonchev–Trinajstić information content (AvgIpc) is 3.24. The van der Waals surface area contributed by atoms with Crippen LogP contribution in [0.5, 0.6) is 5.75 Å². The Bertz CT molecular complexity index is 720. The van der Waals surface area contributed by atoms with Gasteiger partial charge in [0.05, 0.1) is 12.5 Å². The lowest BCUT2D eigenvalue weighted by Gasteiger charge is -2.39. The van der Waals surface area contributed by atoms with E-state index in [4.69, 9.17) is 4.74 Å². The summed E-state index contributed by atoms with van der Waals surface area (Å²) in [6.45, 7) is 4.30. The number of aliphatic imine (C=N–C) groups is 1. The molecule has 160 valence electrons. The molecule has 0 spiro atoms. The van der Waals surface area contributed by atoms with Gasteiger partial charge in [-0.2, -0.15) is 0 Å². The van der Waals surface area contributed by atoms with E-state index in [2.05, 4.69) is 32.2 Å². The summed E-state index contributed by atoms with van der Waals surface area (Å²) in [5, 5.41) is 3.52. The number of piperazine rings is 1. The van der Waals surface area contributed by atoms with Crippen molar-refractivity contribution in [2.24, 2.45) is 10.4 Å². The van der Waals surface area contributed by atoms with Gasteiger partial charge in [0.15, 0.2) is 5.96 Å². The molecule has 1 aliphatic carbocycles. The molecule has 1 aromatic rings. The van der Waals surface area contributed by atoms with E-state index in [0.717, 1.165) is 63.6 Å². The number of nitrogens with one attached hydrogen (secondary N) is 1. The second kappa shape index (κ2) is 9.37. The molecule has 3 rings (SSSR count). The van der Waals surface area contributed by atoms with Crippen molar-refractivity contribution in [3.63, 3.8) is 0 Å². The van der Waals surface area contributed by atoms with Crippen molar-refractivity contribution in [3.8, 4) is 5.75 Å². The molecule has 1 N–H and O–H groups in total. The SMILES string of the molecule is CN=C(NCC1(C(=O)N(C)C)CCCC1)N1CCN(c2cccc(OC)c2)CC1. The fraction of sp³-hybridized carbons (Fsp3) is 0.636. The van der Waals surface area contributed by atoms with Crippen LogP contribution in [0.1, 0.15) is 25.7 Å². The van der Waals surface area contributed by atoms with Gasteiger partial charge in [0.25, 0.3) is 0 Å². The number of carbonyl (C=O) groups excluding carboxylic acids is 1. The van der Waals surface area contributed by atoms with Crippen molar-refractivity contribution in [1.82, 2.24) is 15.1 Å². The molecule has 1 heterocycles. The maximum Gasteiger partial charge on any atom is 0.230 e. The monoisotopic (exact) mass is 401 g/mol. The molecule has 2 fully saturated rings. The number of nitrogens with zero attached hydrogens (tertiary/aromatic N) is 4. The second-order valence-electron chi connectivity index (χ2n) is 8.26. The summed E-state index contributed by atoms with van der Waals surface area (Å²) < 4.78 is 5.35. The number of guanidine groups is 1. The van der Waals surface area contributed by atoms with Crippen molar-refractivity contribution in [1.29, 1.82) is 0 Å². The molecule has 1 aromatic carbocycles. The van der Waals surface area contributed by atoms with Gasteiger partial charge in [-0.25, -0.2) is 0 Å². The van der Waals surface area contributed by atoms with E-state index in [9.17, 15) is 4.79 Å². The summed E-state index contributed by atoms with van der Waals surface area (Å²) in [7, 11) is 7.24. The van der Waals surface area contributed by atoms with E-state index in [1.807, 2.05) is 33.3 Å². The lowest BCUT2D eigenvalue weighted by molar-refractivity contribution is -0.138. The fourth-order valence-electron chi connectivity index (χ4n) is 4.56. The van der Waals surface area contributed by atoms with E-state index in [-0.39, 0.29) is 11.3 Å². The third kappa shape index (κ3) is 4.77. The van der Waals surface area contributed by atoms with Crippen molar-refractivity contribution in [2.45, 2.75) is 25.7 Å². The molecule has 7 heteroatoms. The molecular formula is C22H35N5O2. The van der Waals surface area contributed by atoms with Gasteiger partial charge in [-0.3, -0.25) is 9.79 Å². The van der Waals surface area contributed by atoms with E-state index >= 15 is 0 Å². The van der Waals surface area contributed by atoms with Crippen LogP contribution in [0.25, 0.3) is 0 Å². The van der Waals surface area contributed by atoms with Crippen molar-refractivity contribution < 1.29 is 9.53 Å². The van der Waals surface area contributed by atoms with Gasteiger partial charge in [0.2, 0.25) is 5.91 Å². The Kier molecular flexibility index (Phi) is 6.87. The summed E-state index contributed by atoms with van der Waals surface area (Å²) in [5.41, 5.74) is 0.899. The summed E-state index contributed by atoms with van der Waals surface area (Å²) in [5.74, 6) is 2.02. The average molecular weight is 402 g/mol. The minimum absolute atomic E-state index is 0.237. The number of anilines is 1. The summed E-state index contributed by atoms with van der Waals surface area (Å²) in [6, 6.07) is 8.21. The van der Waals surface area contributed by atoms with Crippen molar-refractivity contribution in [2.75, 3.05) is 65.9 Å². The third-order valence-electron chi connectivity index (χ3n) is 6.21. The van der Waals surface area contributed by atoms with Gasteiger partial charge in [-0.1, -0.05) is 18.9 Å². The zero-order chi connectivity index (χ0) is 20.9. The van der Waals surface area contributed by atoms with Crippen LogP contribution >= 0.6 is 0 Å². The Morgan fingerprint density at radius 2 is 1.90 bits per heavy atom. The van der Waals surface area contributed by atoms with Crippen LogP contribution < -0.4 is 15.0 Å². The highest BCUT2D eigenvalue weighted by Crippen LogP contribution is 2.39. The Balaban J connectivity index is 1.58. The molecule has 0 atom stereocenters. The lowest BCUT2D eigenvalue weighted by Crippen LogP contribution is -2.55. The van der Waals surface area contributed by atoms with E-state index < -0.39 is 0 Å². The number of methoxy groups -OCH3 is 1.